The number of carbonyl (C=O) groups is 2. The average molecular weight is 348 g/mol. The molecule has 2 atom stereocenters. The second-order valence-corrected chi connectivity index (χ2v) is 6.88. The quantitative estimate of drug-likeness (QED) is 0.904. The van der Waals surface area contributed by atoms with Gasteiger partial charge in [0.1, 0.15) is 5.82 Å². The first-order valence-electron chi connectivity index (χ1n) is 8.69. The first-order chi connectivity index (χ1) is 12.1. The van der Waals surface area contributed by atoms with Gasteiger partial charge in [0.05, 0.1) is 25.0 Å². The number of nitrogens with zero attached hydrogens (tertiary/aromatic N) is 1. The highest BCUT2D eigenvalue weighted by molar-refractivity contribution is 5.99. The molecule has 25 heavy (non-hydrogen) atoms. The van der Waals surface area contributed by atoms with Crippen LogP contribution in [-0.2, 0) is 19.1 Å². The second kappa shape index (κ2) is 6.38. The summed E-state index contributed by atoms with van der Waals surface area (Å²) in [7, 11) is 0. The monoisotopic (exact) mass is 348 g/mol. The maximum absolute atomic E-state index is 12.9. The molecule has 1 aromatic rings. The number of likely N-dealkylation sites (tertiary alicyclic amines) is 1. The fourth-order valence-electron chi connectivity index (χ4n) is 3.61. The van der Waals surface area contributed by atoms with Crippen molar-refractivity contribution in [3.8, 4) is 0 Å². The molecule has 2 saturated heterocycles. The summed E-state index contributed by atoms with van der Waals surface area (Å²) in [5, 5.41) is 2.74. The molecule has 0 radical (unpaired) electrons. The topological polar surface area (TPSA) is 67.9 Å². The molecule has 134 valence electrons. The maximum Gasteiger partial charge on any atom is 0.228 e. The van der Waals surface area contributed by atoms with Crippen LogP contribution in [0.1, 0.15) is 19.3 Å². The minimum Gasteiger partial charge on any atom is -0.347 e. The van der Waals surface area contributed by atoms with Gasteiger partial charge in [-0.25, -0.2) is 4.39 Å². The van der Waals surface area contributed by atoms with E-state index in [1.54, 1.807) is 0 Å². The molecule has 3 fully saturated rings. The second-order valence-electron chi connectivity index (χ2n) is 6.88. The van der Waals surface area contributed by atoms with Crippen molar-refractivity contribution in [1.82, 2.24) is 4.90 Å². The van der Waals surface area contributed by atoms with Crippen LogP contribution >= 0.6 is 0 Å². The first kappa shape index (κ1) is 16.5. The molecule has 4 rings (SSSR count). The van der Waals surface area contributed by atoms with Crippen LogP contribution in [0.5, 0.6) is 0 Å². The zero-order chi connectivity index (χ0) is 17.4. The summed E-state index contributed by atoms with van der Waals surface area (Å²) in [6, 6.07) is 5.61. The Hall–Kier alpha value is -1.99. The van der Waals surface area contributed by atoms with E-state index in [-0.39, 0.29) is 29.5 Å². The minimum atomic E-state index is -0.500. The predicted octanol–water partition coefficient (Wildman–Crippen LogP) is 1.77. The number of hydrogen-bond donors (Lipinski definition) is 1. The lowest BCUT2D eigenvalue weighted by Crippen LogP contribution is -2.48. The van der Waals surface area contributed by atoms with Crippen molar-refractivity contribution < 1.29 is 23.5 Å². The third-order valence-corrected chi connectivity index (χ3v) is 5.21. The van der Waals surface area contributed by atoms with Crippen LogP contribution in [0.25, 0.3) is 0 Å². The number of nitrogens with one attached hydrogen (secondary N) is 1. The van der Waals surface area contributed by atoms with Crippen molar-refractivity contribution in [1.29, 1.82) is 0 Å². The van der Waals surface area contributed by atoms with Crippen molar-refractivity contribution in [3.05, 3.63) is 30.1 Å². The molecule has 6 nitrogen and oxygen atoms in total. The average Bonchev–Trinajstić information content (AvgIpc) is 3.31. The largest absolute Gasteiger partial charge is 0.347 e. The standard InChI is InChI=1S/C18H21FN2O4/c19-12-1-3-13(4-2-12)20-16(22)14-11-15(14)17(23)21-7-5-18(6-8-21)24-9-10-25-18/h1-4,14-15H,5-11H2,(H,20,22). The van der Waals surface area contributed by atoms with Crippen molar-refractivity contribution >= 4 is 17.5 Å². The van der Waals surface area contributed by atoms with E-state index < -0.39 is 5.79 Å². The molecule has 1 saturated carbocycles. The lowest BCUT2D eigenvalue weighted by Gasteiger charge is -2.37. The fraction of sp³-hybridized carbons (Fsp3) is 0.556. The Bertz CT molecular complexity index is 662. The molecule has 3 aliphatic rings. The molecule has 1 aromatic carbocycles. The summed E-state index contributed by atoms with van der Waals surface area (Å²) in [4.78, 5) is 26.6. The highest BCUT2D eigenvalue weighted by atomic mass is 19.1. The van der Waals surface area contributed by atoms with Gasteiger partial charge >= 0.3 is 0 Å². The van der Waals surface area contributed by atoms with E-state index in [1.807, 2.05) is 4.90 Å². The van der Waals surface area contributed by atoms with E-state index in [4.69, 9.17) is 9.47 Å². The number of carbonyl (C=O) groups excluding carboxylic acids is 2. The Morgan fingerprint density at radius 1 is 1.08 bits per heavy atom. The summed E-state index contributed by atoms with van der Waals surface area (Å²) in [6.45, 7) is 2.42. The molecular weight excluding hydrogens is 327 g/mol. The van der Waals surface area contributed by atoms with E-state index in [2.05, 4.69) is 5.32 Å². The van der Waals surface area contributed by atoms with Crippen molar-refractivity contribution in [2.45, 2.75) is 25.0 Å². The molecular formula is C18H21FN2O4. The zero-order valence-electron chi connectivity index (χ0n) is 13.9. The third kappa shape index (κ3) is 3.39. The summed E-state index contributed by atoms with van der Waals surface area (Å²) in [5.41, 5.74) is 0.542. The van der Waals surface area contributed by atoms with E-state index in [1.165, 1.54) is 24.3 Å². The van der Waals surface area contributed by atoms with Gasteiger partial charge in [-0.15, -0.1) is 0 Å². The number of piperidine rings is 1. The third-order valence-electron chi connectivity index (χ3n) is 5.21. The number of hydrogen-bond acceptors (Lipinski definition) is 4. The SMILES string of the molecule is O=C(Nc1ccc(F)cc1)C1CC1C(=O)N1CCC2(CC1)OCCO2. The van der Waals surface area contributed by atoms with Crippen LogP contribution in [0.15, 0.2) is 24.3 Å². The highest BCUT2D eigenvalue weighted by Crippen LogP contribution is 2.42. The summed E-state index contributed by atoms with van der Waals surface area (Å²) >= 11 is 0. The van der Waals surface area contributed by atoms with E-state index in [0.29, 0.717) is 51.3 Å². The van der Waals surface area contributed by atoms with Gasteiger partial charge in [-0.05, 0) is 30.7 Å². The molecule has 1 spiro atoms. The molecule has 7 heteroatoms. The van der Waals surface area contributed by atoms with Crippen LogP contribution in [0.2, 0.25) is 0 Å². The van der Waals surface area contributed by atoms with Gasteiger partial charge in [-0.3, -0.25) is 9.59 Å². The Balaban J connectivity index is 1.28. The first-order valence-corrected chi connectivity index (χ1v) is 8.69. The summed E-state index contributed by atoms with van der Waals surface area (Å²) < 4.78 is 24.2. The Kier molecular flexibility index (Phi) is 4.21. The van der Waals surface area contributed by atoms with Gasteiger partial charge in [0.15, 0.2) is 5.79 Å². The number of halogens is 1. The predicted molar refractivity (Wildman–Crippen MR) is 87.1 cm³/mol. The van der Waals surface area contributed by atoms with Gasteiger partial charge in [-0.2, -0.15) is 0 Å². The van der Waals surface area contributed by atoms with E-state index >= 15 is 0 Å². The Morgan fingerprint density at radius 2 is 1.72 bits per heavy atom. The minimum absolute atomic E-state index is 0.0344. The number of amides is 2. The van der Waals surface area contributed by atoms with Crippen LogP contribution in [0, 0.1) is 17.7 Å². The Labute approximate surface area is 145 Å². The Morgan fingerprint density at radius 3 is 2.36 bits per heavy atom. The molecule has 1 N–H and O–H groups in total. The highest BCUT2D eigenvalue weighted by Gasteiger charge is 2.51. The molecule has 2 heterocycles. The van der Waals surface area contributed by atoms with Gasteiger partial charge < -0.3 is 19.7 Å². The molecule has 2 amide bonds. The number of rotatable bonds is 3. The van der Waals surface area contributed by atoms with Crippen molar-refractivity contribution in [2.24, 2.45) is 11.8 Å². The van der Waals surface area contributed by atoms with Crippen LogP contribution in [0.3, 0.4) is 0 Å². The van der Waals surface area contributed by atoms with Gasteiger partial charge in [0, 0.05) is 31.6 Å². The fourth-order valence-corrected chi connectivity index (χ4v) is 3.61. The molecule has 0 bridgehead atoms. The van der Waals surface area contributed by atoms with Crippen LogP contribution < -0.4 is 5.32 Å². The summed E-state index contributed by atoms with van der Waals surface area (Å²) in [5.74, 6) is -1.55. The van der Waals surface area contributed by atoms with Gasteiger partial charge in [0.2, 0.25) is 11.8 Å². The normalized spacial score (nSPS) is 27.3. The molecule has 0 aromatic heterocycles. The zero-order valence-corrected chi connectivity index (χ0v) is 13.9. The summed E-state index contributed by atoms with van der Waals surface area (Å²) in [6.07, 6.45) is 1.93. The van der Waals surface area contributed by atoms with Gasteiger partial charge in [-0.1, -0.05) is 0 Å². The van der Waals surface area contributed by atoms with Crippen molar-refractivity contribution in [3.63, 3.8) is 0 Å². The van der Waals surface area contributed by atoms with Crippen molar-refractivity contribution in [2.75, 3.05) is 31.6 Å². The van der Waals surface area contributed by atoms with E-state index in [9.17, 15) is 14.0 Å². The lowest BCUT2D eigenvalue weighted by molar-refractivity contribution is -0.187. The number of benzene rings is 1. The van der Waals surface area contributed by atoms with Gasteiger partial charge in [0.25, 0.3) is 0 Å². The smallest absolute Gasteiger partial charge is 0.228 e. The van der Waals surface area contributed by atoms with E-state index in [0.717, 1.165) is 0 Å². The lowest BCUT2D eigenvalue weighted by atomic mass is 10.0. The molecule has 1 aliphatic carbocycles. The maximum atomic E-state index is 12.9. The molecule has 2 unspecified atom stereocenters. The number of ether oxygens (including phenoxy) is 2. The van der Waals surface area contributed by atoms with Crippen LogP contribution in [0.4, 0.5) is 10.1 Å². The number of anilines is 1. The van der Waals surface area contributed by atoms with Crippen LogP contribution in [-0.4, -0.2) is 48.8 Å². The molecule has 2 aliphatic heterocycles.